The van der Waals surface area contributed by atoms with Crippen molar-refractivity contribution in [3.63, 3.8) is 0 Å². The smallest absolute Gasteiger partial charge is 0.302 e. The second-order valence-corrected chi connectivity index (χ2v) is 13.2. The molecule has 2 heterocycles. The lowest BCUT2D eigenvalue weighted by Crippen LogP contribution is -2.65. The molecule has 3 N–H and O–H groups in total. The summed E-state index contributed by atoms with van der Waals surface area (Å²) < 4.78 is 50.0. The van der Waals surface area contributed by atoms with Crippen LogP contribution in [0.25, 0.3) is 0 Å². The molecule has 2 saturated heterocycles. The SMILES string of the molecule is CO[C@H]1O[C@H]([C@H](O[C@H]2O[C@H](COC(C)=O)[C@@H](OCc3ccccc3)[C@H](OCc3ccccc3)[C@H]2OCc2ccccc2)C(C)C)[C@@H](O)[C@H](O)[C@H]1O. The molecular formula is C39H50O12. The molecule has 12 nitrogen and oxygen atoms in total. The molecule has 11 atom stereocenters. The van der Waals surface area contributed by atoms with E-state index in [-0.39, 0.29) is 32.3 Å². The maximum Gasteiger partial charge on any atom is 0.302 e. The molecule has 12 heteroatoms. The van der Waals surface area contributed by atoms with Gasteiger partial charge in [0.25, 0.3) is 0 Å². The Morgan fingerprint density at radius 3 is 1.63 bits per heavy atom. The maximum absolute atomic E-state index is 12.1. The van der Waals surface area contributed by atoms with E-state index in [1.165, 1.54) is 14.0 Å². The monoisotopic (exact) mass is 710 g/mol. The summed E-state index contributed by atoms with van der Waals surface area (Å²) in [4.78, 5) is 12.1. The van der Waals surface area contributed by atoms with Crippen LogP contribution in [0.2, 0.25) is 0 Å². The molecule has 0 amide bonds. The van der Waals surface area contributed by atoms with Gasteiger partial charge in [-0.1, -0.05) is 105 Å². The van der Waals surface area contributed by atoms with E-state index in [9.17, 15) is 20.1 Å². The number of aliphatic hydroxyl groups is 3. The summed E-state index contributed by atoms with van der Waals surface area (Å²) in [5.74, 6) is -0.801. The van der Waals surface area contributed by atoms with E-state index in [4.69, 9.17) is 37.9 Å². The molecule has 51 heavy (non-hydrogen) atoms. The summed E-state index contributed by atoms with van der Waals surface area (Å²) >= 11 is 0. The summed E-state index contributed by atoms with van der Waals surface area (Å²) in [5.41, 5.74) is 2.73. The van der Waals surface area contributed by atoms with Crippen LogP contribution in [0.1, 0.15) is 37.5 Å². The third kappa shape index (κ3) is 10.4. The predicted octanol–water partition coefficient (Wildman–Crippen LogP) is 3.53. The van der Waals surface area contributed by atoms with E-state index in [2.05, 4.69) is 0 Å². The Hall–Kier alpha value is -3.27. The van der Waals surface area contributed by atoms with Gasteiger partial charge < -0.3 is 53.2 Å². The topological polar surface area (TPSA) is 152 Å². The predicted molar refractivity (Wildman–Crippen MR) is 184 cm³/mol. The van der Waals surface area contributed by atoms with Crippen LogP contribution in [0, 0.1) is 5.92 Å². The van der Waals surface area contributed by atoms with Crippen molar-refractivity contribution >= 4 is 5.97 Å². The second kappa shape index (κ2) is 19.0. The highest BCUT2D eigenvalue weighted by molar-refractivity contribution is 5.65. The molecule has 2 fully saturated rings. The first kappa shape index (κ1) is 38.9. The van der Waals surface area contributed by atoms with Gasteiger partial charge in [-0.2, -0.15) is 0 Å². The van der Waals surface area contributed by atoms with Crippen molar-refractivity contribution in [2.45, 2.75) is 108 Å². The van der Waals surface area contributed by atoms with Gasteiger partial charge in [-0.05, 0) is 22.6 Å². The van der Waals surface area contributed by atoms with Crippen LogP contribution < -0.4 is 0 Å². The van der Waals surface area contributed by atoms with E-state index in [0.29, 0.717) is 0 Å². The van der Waals surface area contributed by atoms with Crippen molar-refractivity contribution < 1.29 is 58.0 Å². The highest BCUT2D eigenvalue weighted by Gasteiger charge is 2.53. The average molecular weight is 711 g/mol. The van der Waals surface area contributed by atoms with E-state index in [0.717, 1.165) is 16.7 Å². The lowest BCUT2D eigenvalue weighted by Gasteiger charge is -2.49. The standard InChI is InChI=1S/C39H50O12/c1-24(2)33(35-31(42)30(41)32(43)38(44-4)51-35)50-39-37(48-22-28-18-12-7-13-19-28)36(47-21-27-16-10-6-11-17-27)34(29(49-39)23-45-25(3)40)46-20-26-14-8-5-9-15-26/h5-19,24,29-39,41-43H,20-23H2,1-4H3/t29-,30+,31+,32-,33-,34-,35+,36+,37-,38+,39-/m1/s1. The van der Waals surface area contributed by atoms with E-state index < -0.39 is 73.5 Å². The van der Waals surface area contributed by atoms with Crippen molar-refractivity contribution in [3.8, 4) is 0 Å². The summed E-state index contributed by atoms with van der Waals surface area (Å²) in [6, 6.07) is 28.9. The number of aliphatic hydroxyl groups excluding tert-OH is 3. The molecule has 2 aliphatic rings. The Kier molecular flexibility index (Phi) is 14.5. The van der Waals surface area contributed by atoms with Crippen molar-refractivity contribution in [2.24, 2.45) is 5.92 Å². The molecular weight excluding hydrogens is 660 g/mol. The fourth-order valence-electron chi connectivity index (χ4n) is 6.30. The molecule has 3 aromatic rings. The summed E-state index contributed by atoms with van der Waals surface area (Å²) in [6.07, 6.45) is -12.4. The average Bonchev–Trinajstić information content (AvgIpc) is 3.14. The Morgan fingerprint density at radius 2 is 1.16 bits per heavy atom. The van der Waals surface area contributed by atoms with Crippen LogP contribution in [0.4, 0.5) is 0 Å². The normalized spacial score (nSPS) is 30.2. The second-order valence-electron chi connectivity index (χ2n) is 13.2. The molecule has 0 aliphatic carbocycles. The van der Waals surface area contributed by atoms with Crippen LogP contribution in [0.15, 0.2) is 91.0 Å². The highest BCUT2D eigenvalue weighted by atomic mass is 16.7. The van der Waals surface area contributed by atoms with Crippen molar-refractivity contribution in [3.05, 3.63) is 108 Å². The third-order valence-electron chi connectivity index (χ3n) is 9.01. The molecule has 0 bridgehead atoms. The van der Waals surface area contributed by atoms with Crippen LogP contribution >= 0.6 is 0 Å². The van der Waals surface area contributed by atoms with E-state index >= 15 is 0 Å². The highest BCUT2D eigenvalue weighted by Crippen LogP contribution is 2.35. The van der Waals surface area contributed by atoms with Crippen molar-refractivity contribution in [1.82, 2.24) is 0 Å². The van der Waals surface area contributed by atoms with Gasteiger partial charge >= 0.3 is 5.97 Å². The van der Waals surface area contributed by atoms with Gasteiger partial charge in [0, 0.05) is 14.0 Å². The Morgan fingerprint density at radius 1 is 0.667 bits per heavy atom. The number of ether oxygens (including phenoxy) is 8. The van der Waals surface area contributed by atoms with Gasteiger partial charge in [0.15, 0.2) is 12.6 Å². The van der Waals surface area contributed by atoms with Gasteiger partial charge in [-0.25, -0.2) is 0 Å². The first-order valence-corrected chi connectivity index (χ1v) is 17.3. The minimum atomic E-state index is -1.56. The number of methoxy groups -OCH3 is 1. The van der Waals surface area contributed by atoms with Crippen LogP contribution in [-0.2, 0) is 62.5 Å². The number of carbonyl (C=O) groups is 1. The summed E-state index contributed by atoms with van der Waals surface area (Å²) in [6.45, 7) is 5.47. The van der Waals surface area contributed by atoms with Crippen LogP contribution in [0.3, 0.4) is 0 Å². The zero-order valence-electron chi connectivity index (χ0n) is 29.4. The molecule has 0 saturated carbocycles. The fraction of sp³-hybridized carbons (Fsp3) is 0.513. The van der Waals surface area contributed by atoms with Gasteiger partial charge in [-0.15, -0.1) is 0 Å². The number of benzene rings is 3. The van der Waals surface area contributed by atoms with Gasteiger partial charge in [0.2, 0.25) is 0 Å². The van der Waals surface area contributed by atoms with Crippen molar-refractivity contribution in [1.29, 1.82) is 0 Å². The molecule has 0 unspecified atom stereocenters. The van der Waals surface area contributed by atoms with E-state index in [1.54, 1.807) is 0 Å². The summed E-state index contributed by atoms with van der Waals surface area (Å²) in [5, 5.41) is 32.3. The van der Waals surface area contributed by atoms with Crippen molar-refractivity contribution in [2.75, 3.05) is 13.7 Å². The molecule has 3 aromatic carbocycles. The van der Waals surface area contributed by atoms with Gasteiger partial charge in [0.05, 0.1) is 25.9 Å². The molecule has 0 radical (unpaired) electrons. The molecule has 0 spiro atoms. The first-order valence-electron chi connectivity index (χ1n) is 17.3. The summed E-state index contributed by atoms with van der Waals surface area (Å²) in [7, 11) is 1.34. The number of hydrogen-bond acceptors (Lipinski definition) is 12. The number of hydrogen-bond donors (Lipinski definition) is 3. The largest absolute Gasteiger partial charge is 0.463 e. The number of esters is 1. The molecule has 0 aromatic heterocycles. The quantitative estimate of drug-likeness (QED) is 0.187. The minimum Gasteiger partial charge on any atom is -0.463 e. The zero-order chi connectivity index (χ0) is 36.3. The lowest BCUT2D eigenvalue weighted by atomic mass is 9.90. The van der Waals surface area contributed by atoms with Gasteiger partial charge in [-0.3, -0.25) is 4.79 Å². The van der Waals surface area contributed by atoms with Crippen LogP contribution in [0.5, 0.6) is 0 Å². The number of carbonyl (C=O) groups excluding carboxylic acids is 1. The Balaban J connectivity index is 1.52. The van der Waals surface area contributed by atoms with Crippen LogP contribution in [-0.4, -0.2) is 103 Å². The number of rotatable bonds is 16. The lowest BCUT2D eigenvalue weighted by molar-refractivity contribution is -0.360. The minimum absolute atomic E-state index is 0.170. The molecule has 2 aliphatic heterocycles. The van der Waals surface area contributed by atoms with E-state index in [1.807, 2.05) is 105 Å². The Bertz CT molecular complexity index is 1440. The third-order valence-corrected chi connectivity index (χ3v) is 9.01. The maximum atomic E-state index is 12.1. The zero-order valence-corrected chi connectivity index (χ0v) is 29.4. The molecule has 5 rings (SSSR count). The first-order chi connectivity index (χ1) is 24.7. The van der Waals surface area contributed by atoms with Gasteiger partial charge in [0.1, 0.15) is 55.4 Å². The fourth-order valence-corrected chi connectivity index (χ4v) is 6.30. The Labute approximate surface area is 299 Å². The molecule has 278 valence electrons.